The minimum Gasteiger partial charge on any atom is -0.394 e. The molecule has 0 aliphatic carbocycles. The van der Waals surface area contributed by atoms with Crippen LogP contribution in [0.4, 0.5) is 0 Å². The summed E-state index contributed by atoms with van der Waals surface area (Å²) in [7, 11) is 0. The first kappa shape index (κ1) is 12.4. The SMILES string of the molecule is CC(CN)CC(=O)N1CCOCC1CO. The van der Waals surface area contributed by atoms with Crippen LogP contribution in [-0.4, -0.2) is 54.9 Å². The zero-order valence-electron chi connectivity index (χ0n) is 9.19. The summed E-state index contributed by atoms with van der Waals surface area (Å²) in [6.45, 7) is 3.98. The lowest BCUT2D eigenvalue weighted by Gasteiger charge is -2.35. The minimum absolute atomic E-state index is 0.0389. The van der Waals surface area contributed by atoms with E-state index in [0.717, 1.165) is 0 Å². The van der Waals surface area contributed by atoms with Gasteiger partial charge in [-0.2, -0.15) is 0 Å². The van der Waals surface area contributed by atoms with Crippen LogP contribution in [0.15, 0.2) is 0 Å². The summed E-state index contributed by atoms with van der Waals surface area (Å²) in [5, 5.41) is 9.10. The summed E-state index contributed by atoms with van der Waals surface area (Å²) in [6, 6.07) is -0.184. The zero-order chi connectivity index (χ0) is 11.3. The fourth-order valence-electron chi connectivity index (χ4n) is 1.63. The molecular formula is C10H20N2O3. The molecule has 15 heavy (non-hydrogen) atoms. The van der Waals surface area contributed by atoms with Gasteiger partial charge < -0.3 is 20.5 Å². The van der Waals surface area contributed by atoms with Crippen LogP contribution in [-0.2, 0) is 9.53 Å². The maximum absolute atomic E-state index is 11.8. The number of amides is 1. The van der Waals surface area contributed by atoms with E-state index >= 15 is 0 Å². The summed E-state index contributed by atoms with van der Waals surface area (Å²) < 4.78 is 5.21. The van der Waals surface area contributed by atoms with Crippen LogP contribution in [0.1, 0.15) is 13.3 Å². The average Bonchev–Trinajstić information content (AvgIpc) is 2.28. The molecule has 88 valence electrons. The van der Waals surface area contributed by atoms with E-state index in [1.165, 1.54) is 0 Å². The van der Waals surface area contributed by atoms with Crippen molar-refractivity contribution in [1.82, 2.24) is 4.90 Å². The molecular weight excluding hydrogens is 196 g/mol. The number of morpholine rings is 1. The monoisotopic (exact) mass is 216 g/mol. The molecule has 2 atom stereocenters. The second-order valence-electron chi connectivity index (χ2n) is 4.04. The Morgan fingerprint density at radius 3 is 3.07 bits per heavy atom. The van der Waals surface area contributed by atoms with Crippen molar-refractivity contribution in [2.75, 3.05) is 32.9 Å². The van der Waals surface area contributed by atoms with Crippen molar-refractivity contribution in [3.8, 4) is 0 Å². The highest BCUT2D eigenvalue weighted by Crippen LogP contribution is 2.11. The number of rotatable bonds is 4. The lowest BCUT2D eigenvalue weighted by Crippen LogP contribution is -2.50. The number of aliphatic hydroxyl groups is 1. The van der Waals surface area contributed by atoms with Crippen LogP contribution in [0.2, 0.25) is 0 Å². The molecule has 1 aliphatic rings. The van der Waals surface area contributed by atoms with Crippen molar-refractivity contribution in [1.29, 1.82) is 0 Å². The van der Waals surface area contributed by atoms with Gasteiger partial charge in [-0.05, 0) is 12.5 Å². The third kappa shape index (κ3) is 3.44. The molecule has 0 aromatic carbocycles. The normalized spacial score (nSPS) is 23.9. The second-order valence-corrected chi connectivity index (χ2v) is 4.04. The summed E-state index contributed by atoms with van der Waals surface area (Å²) in [4.78, 5) is 13.5. The number of nitrogens with zero attached hydrogens (tertiary/aromatic N) is 1. The molecule has 1 heterocycles. The molecule has 0 aromatic heterocycles. The van der Waals surface area contributed by atoms with Gasteiger partial charge >= 0.3 is 0 Å². The van der Waals surface area contributed by atoms with Crippen LogP contribution in [0.3, 0.4) is 0 Å². The maximum atomic E-state index is 11.8. The molecule has 5 heteroatoms. The number of hydrogen-bond donors (Lipinski definition) is 2. The van der Waals surface area contributed by atoms with Gasteiger partial charge in [-0.15, -0.1) is 0 Å². The predicted molar refractivity (Wildman–Crippen MR) is 56.2 cm³/mol. The Balaban J connectivity index is 2.48. The van der Waals surface area contributed by atoms with E-state index in [0.29, 0.717) is 32.7 Å². The first-order chi connectivity index (χ1) is 7.19. The van der Waals surface area contributed by atoms with Gasteiger partial charge in [0, 0.05) is 13.0 Å². The highest BCUT2D eigenvalue weighted by Gasteiger charge is 2.26. The van der Waals surface area contributed by atoms with E-state index < -0.39 is 0 Å². The average molecular weight is 216 g/mol. The molecule has 0 aromatic rings. The molecule has 5 nitrogen and oxygen atoms in total. The lowest BCUT2D eigenvalue weighted by atomic mass is 10.1. The van der Waals surface area contributed by atoms with Crippen molar-refractivity contribution in [3.63, 3.8) is 0 Å². The molecule has 1 aliphatic heterocycles. The van der Waals surface area contributed by atoms with Gasteiger partial charge in [0.25, 0.3) is 0 Å². The van der Waals surface area contributed by atoms with Gasteiger partial charge in [-0.25, -0.2) is 0 Å². The zero-order valence-corrected chi connectivity index (χ0v) is 9.19. The third-order valence-corrected chi connectivity index (χ3v) is 2.68. The Bertz CT molecular complexity index is 211. The number of ether oxygens (including phenoxy) is 1. The standard InChI is InChI=1S/C10H20N2O3/c1-8(5-11)4-10(14)12-2-3-15-7-9(12)6-13/h8-9,13H,2-7,11H2,1H3. The Labute approximate surface area is 90.2 Å². The first-order valence-corrected chi connectivity index (χ1v) is 5.37. The summed E-state index contributed by atoms with van der Waals surface area (Å²) in [5.74, 6) is 0.259. The van der Waals surface area contributed by atoms with Crippen LogP contribution < -0.4 is 5.73 Å². The van der Waals surface area contributed by atoms with Gasteiger partial charge in [0.2, 0.25) is 5.91 Å². The molecule has 1 rings (SSSR count). The largest absolute Gasteiger partial charge is 0.394 e. The third-order valence-electron chi connectivity index (χ3n) is 2.68. The van der Waals surface area contributed by atoms with E-state index in [1.807, 2.05) is 6.92 Å². The van der Waals surface area contributed by atoms with E-state index in [9.17, 15) is 4.79 Å². The molecule has 0 spiro atoms. The Kier molecular flexibility index (Phi) is 5.01. The number of nitrogens with two attached hydrogens (primary N) is 1. The second kappa shape index (κ2) is 6.05. The molecule has 0 saturated carbocycles. The highest BCUT2D eigenvalue weighted by molar-refractivity contribution is 5.76. The number of carbonyl (C=O) groups is 1. The van der Waals surface area contributed by atoms with Crippen molar-refractivity contribution in [2.45, 2.75) is 19.4 Å². The lowest BCUT2D eigenvalue weighted by molar-refractivity contribution is -0.142. The van der Waals surface area contributed by atoms with E-state index in [-0.39, 0.29) is 24.5 Å². The van der Waals surface area contributed by atoms with Crippen molar-refractivity contribution in [3.05, 3.63) is 0 Å². The first-order valence-electron chi connectivity index (χ1n) is 5.37. The minimum atomic E-state index is -0.184. The summed E-state index contributed by atoms with van der Waals surface area (Å²) in [6.07, 6.45) is 0.451. The molecule has 1 amide bonds. The van der Waals surface area contributed by atoms with E-state index in [4.69, 9.17) is 15.6 Å². The molecule has 3 N–H and O–H groups in total. The Hall–Kier alpha value is -0.650. The summed E-state index contributed by atoms with van der Waals surface area (Å²) >= 11 is 0. The smallest absolute Gasteiger partial charge is 0.223 e. The quantitative estimate of drug-likeness (QED) is 0.644. The fourth-order valence-corrected chi connectivity index (χ4v) is 1.63. The molecule has 2 unspecified atom stereocenters. The number of hydrogen-bond acceptors (Lipinski definition) is 4. The topological polar surface area (TPSA) is 75.8 Å². The number of carbonyl (C=O) groups excluding carboxylic acids is 1. The maximum Gasteiger partial charge on any atom is 0.223 e. The molecule has 1 fully saturated rings. The van der Waals surface area contributed by atoms with Gasteiger partial charge in [-0.1, -0.05) is 6.92 Å². The predicted octanol–water partition coefficient (Wildman–Crippen LogP) is -0.809. The van der Waals surface area contributed by atoms with Gasteiger partial charge in [0.05, 0.1) is 25.9 Å². The van der Waals surface area contributed by atoms with Crippen LogP contribution >= 0.6 is 0 Å². The Morgan fingerprint density at radius 1 is 1.73 bits per heavy atom. The summed E-state index contributed by atoms with van der Waals surface area (Å²) in [5.41, 5.74) is 5.47. The van der Waals surface area contributed by atoms with Crippen LogP contribution in [0.5, 0.6) is 0 Å². The fraction of sp³-hybridized carbons (Fsp3) is 0.900. The molecule has 1 saturated heterocycles. The van der Waals surface area contributed by atoms with Gasteiger partial charge in [0.15, 0.2) is 0 Å². The van der Waals surface area contributed by atoms with Crippen LogP contribution in [0.25, 0.3) is 0 Å². The highest BCUT2D eigenvalue weighted by atomic mass is 16.5. The van der Waals surface area contributed by atoms with Crippen molar-refractivity contribution >= 4 is 5.91 Å². The van der Waals surface area contributed by atoms with Crippen molar-refractivity contribution < 1.29 is 14.6 Å². The van der Waals surface area contributed by atoms with Crippen molar-refractivity contribution in [2.24, 2.45) is 11.7 Å². The van der Waals surface area contributed by atoms with E-state index in [2.05, 4.69) is 0 Å². The van der Waals surface area contributed by atoms with E-state index in [1.54, 1.807) is 4.90 Å². The number of aliphatic hydroxyl groups excluding tert-OH is 1. The van der Waals surface area contributed by atoms with Crippen LogP contribution in [0, 0.1) is 5.92 Å². The molecule has 0 bridgehead atoms. The van der Waals surface area contributed by atoms with Gasteiger partial charge in [-0.3, -0.25) is 4.79 Å². The Morgan fingerprint density at radius 2 is 2.47 bits per heavy atom. The molecule has 0 radical (unpaired) electrons. The van der Waals surface area contributed by atoms with Gasteiger partial charge in [0.1, 0.15) is 0 Å².